The Morgan fingerprint density at radius 3 is 2.20 bits per heavy atom. The van der Waals surface area contributed by atoms with Gasteiger partial charge in [-0.3, -0.25) is 0 Å². The van der Waals surface area contributed by atoms with Gasteiger partial charge in [0.15, 0.2) is 0 Å². The smallest absolute Gasteiger partial charge is 0.106 e. The van der Waals surface area contributed by atoms with Gasteiger partial charge in [0.05, 0.1) is 6.10 Å². The van der Waals surface area contributed by atoms with Crippen LogP contribution in [0.5, 0.6) is 0 Å². The molecule has 2 unspecified atom stereocenters. The quantitative estimate of drug-likeness (QED) is 0.785. The van der Waals surface area contributed by atoms with Crippen LogP contribution < -0.4 is 5.32 Å². The Labute approximate surface area is 106 Å². The molecule has 84 valence electrons. The highest BCUT2D eigenvalue weighted by atomic mass is 79.9. The maximum Gasteiger partial charge on any atom is 0.106 e. The molecule has 3 N–H and O–H groups in total. The molecule has 1 aromatic rings. The average Bonchev–Trinajstić information content (AvgIpc) is 2.15. The lowest BCUT2D eigenvalue weighted by atomic mass is 10.0. The molecule has 0 aromatic heterocycles. The Bertz CT molecular complexity index is 313. The summed E-state index contributed by atoms with van der Waals surface area (Å²) >= 11 is 6.66. The first-order valence-electron chi connectivity index (χ1n) is 4.51. The standard InChI is InChI=1S/C10H13Br2NO2/c1-13-5-9(14)10(15)6-2-7(11)4-8(12)3-6/h2-4,9-10,13-15H,5H2,1H3. The minimum atomic E-state index is -0.883. The summed E-state index contributed by atoms with van der Waals surface area (Å²) in [6, 6.07) is 5.45. The summed E-state index contributed by atoms with van der Waals surface area (Å²) in [4.78, 5) is 0. The molecule has 0 aliphatic carbocycles. The third kappa shape index (κ3) is 3.85. The van der Waals surface area contributed by atoms with Crippen LogP contribution in [-0.4, -0.2) is 29.9 Å². The van der Waals surface area contributed by atoms with E-state index in [1.165, 1.54) is 0 Å². The molecule has 0 saturated carbocycles. The molecule has 0 spiro atoms. The summed E-state index contributed by atoms with van der Waals surface area (Å²) in [5.74, 6) is 0. The first-order valence-corrected chi connectivity index (χ1v) is 6.10. The zero-order valence-corrected chi connectivity index (χ0v) is 11.4. The maximum absolute atomic E-state index is 9.84. The first-order chi connectivity index (χ1) is 7.04. The van der Waals surface area contributed by atoms with Crippen molar-refractivity contribution in [2.24, 2.45) is 0 Å². The second kappa shape index (κ2) is 5.96. The second-order valence-corrected chi connectivity index (χ2v) is 5.10. The predicted octanol–water partition coefficient (Wildman–Crippen LogP) is 1.83. The van der Waals surface area contributed by atoms with Crippen molar-refractivity contribution in [2.45, 2.75) is 12.2 Å². The van der Waals surface area contributed by atoms with Gasteiger partial charge in [0.25, 0.3) is 0 Å². The summed E-state index contributed by atoms with van der Waals surface area (Å²) in [5.41, 5.74) is 0.680. The molecule has 0 amide bonds. The minimum absolute atomic E-state index is 0.352. The highest BCUT2D eigenvalue weighted by molar-refractivity contribution is 9.11. The van der Waals surface area contributed by atoms with Crippen molar-refractivity contribution in [1.82, 2.24) is 5.32 Å². The van der Waals surface area contributed by atoms with E-state index in [-0.39, 0.29) is 0 Å². The van der Waals surface area contributed by atoms with E-state index in [1.54, 1.807) is 19.2 Å². The van der Waals surface area contributed by atoms with E-state index in [1.807, 2.05) is 6.07 Å². The normalized spacial score (nSPS) is 15.0. The van der Waals surface area contributed by atoms with E-state index >= 15 is 0 Å². The molecule has 0 bridgehead atoms. The van der Waals surface area contributed by atoms with Gasteiger partial charge in [-0.15, -0.1) is 0 Å². The Morgan fingerprint density at radius 2 is 1.73 bits per heavy atom. The molecule has 0 aliphatic heterocycles. The summed E-state index contributed by atoms with van der Waals surface area (Å²) in [7, 11) is 1.73. The van der Waals surface area contributed by atoms with Crippen LogP contribution in [0, 0.1) is 0 Å². The van der Waals surface area contributed by atoms with Gasteiger partial charge in [0.2, 0.25) is 0 Å². The van der Waals surface area contributed by atoms with Gasteiger partial charge >= 0.3 is 0 Å². The Morgan fingerprint density at radius 1 is 1.20 bits per heavy atom. The minimum Gasteiger partial charge on any atom is -0.389 e. The maximum atomic E-state index is 9.84. The molecule has 2 atom stereocenters. The van der Waals surface area contributed by atoms with Gasteiger partial charge in [0.1, 0.15) is 6.10 Å². The average molecular weight is 339 g/mol. The van der Waals surface area contributed by atoms with Crippen molar-refractivity contribution in [1.29, 1.82) is 0 Å². The van der Waals surface area contributed by atoms with Crippen molar-refractivity contribution >= 4 is 31.9 Å². The molecule has 0 saturated heterocycles. The lowest BCUT2D eigenvalue weighted by Crippen LogP contribution is -2.29. The molecule has 1 rings (SSSR count). The van der Waals surface area contributed by atoms with Crippen LogP contribution >= 0.6 is 31.9 Å². The van der Waals surface area contributed by atoms with Crippen molar-refractivity contribution in [3.05, 3.63) is 32.7 Å². The predicted molar refractivity (Wildman–Crippen MR) is 66.7 cm³/mol. The molecule has 0 aliphatic rings. The number of rotatable bonds is 4. The monoisotopic (exact) mass is 337 g/mol. The van der Waals surface area contributed by atoms with Crippen LogP contribution in [-0.2, 0) is 0 Å². The SMILES string of the molecule is CNCC(O)C(O)c1cc(Br)cc(Br)c1. The highest BCUT2D eigenvalue weighted by Gasteiger charge is 2.18. The van der Waals surface area contributed by atoms with E-state index in [0.29, 0.717) is 12.1 Å². The van der Waals surface area contributed by atoms with E-state index in [0.717, 1.165) is 8.95 Å². The second-order valence-electron chi connectivity index (χ2n) is 3.27. The number of benzene rings is 1. The van der Waals surface area contributed by atoms with Crippen LogP contribution in [0.4, 0.5) is 0 Å². The zero-order valence-electron chi connectivity index (χ0n) is 8.24. The molecular formula is C10H13Br2NO2. The van der Waals surface area contributed by atoms with Crippen LogP contribution in [0.1, 0.15) is 11.7 Å². The third-order valence-electron chi connectivity index (χ3n) is 2.00. The van der Waals surface area contributed by atoms with Gasteiger partial charge in [-0.05, 0) is 30.8 Å². The summed E-state index contributed by atoms with van der Waals surface area (Å²) in [6.45, 7) is 0.352. The Kier molecular flexibility index (Phi) is 5.22. The summed E-state index contributed by atoms with van der Waals surface area (Å²) < 4.78 is 1.73. The Hall–Kier alpha value is 0.0600. The fourth-order valence-electron chi connectivity index (χ4n) is 1.29. The van der Waals surface area contributed by atoms with Crippen molar-refractivity contribution in [2.75, 3.05) is 13.6 Å². The van der Waals surface area contributed by atoms with E-state index in [4.69, 9.17) is 0 Å². The zero-order chi connectivity index (χ0) is 11.4. The summed E-state index contributed by atoms with van der Waals surface area (Å²) in [6.07, 6.45) is -1.69. The number of halogens is 2. The molecule has 5 heteroatoms. The van der Waals surface area contributed by atoms with Crippen LogP contribution in [0.3, 0.4) is 0 Å². The third-order valence-corrected chi connectivity index (χ3v) is 2.92. The number of aliphatic hydroxyl groups excluding tert-OH is 2. The van der Waals surface area contributed by atoms with Crippen molar-refractivity contribution in [3.63, 3.8) is 0 Å². The topological polar surface area (TPSA) is 52.5 Å². The van der Waals surface area contributed by atoms with Crippen molar-refractivity contribution < 1.29 is 10.2 Å². The molecule has 0 radical (unpaired) electrons. The number of nitrogens with one attached hydrogen (secondary N) is 1. The van der Waals surface area contributed by atoms with E-state index in [2.05, 4.69) is 37.2 Å². The van der Waals surface area contributed by atoms with Gasteiger partial charge < -0.3 is 15.5 Å². The fraction of sp³-hybridized carbons (Fsp3) is 0.400. The van der Waals surface area contributed by atoms with Gasteiger partial charge in [-0.25, -0.2) is 0 Å². The molecule has 1 aromatic carbocycles. The van der Waals surface area contributed by atoms with Crippen LogP contribution in [0.15, 0.2) is 27.1 Å². The largest absolute Gasteiger partial charge is 0.389 e. The molecule has 3 nitrogen and oxygen atoms in total. The molecule has 15 heavy (non-hydrogen) atoms. The number of hydrogen-bond acceptors (Lipinski definition) is 3. The van der Waals surface area contributed by atoms with Crippen LogP contribution in [0.25, 0.3) is 0 Å². The van der Waals surface area contributed by atoms with Crippen molar-refractivity contribution in [3.8, 4) is 0 Å². The lowest BCUT2D eigenvalue weighted by Gasteiger charge is -2.18. The molecule has 0 fully saturated rings. The molecule has 0 heterocycles. The number of likely N-dealkylation sites (N-methyl/N-ethyl adjacent to an activating group) is 1. The number of hydrogen-bond donors (Lipinski definition) is 3. The molecular weight excluding hydrogens is 326 g/mol. The van der Waals surface area contributed by atoms with E-state index < -0.39 is 12.2 Å². The Balaban J connectivity index is 2.85. The van der Waals surface area contributed by atoms with E-state index in [9.17, 15) is 10.2 Å². The lowest BCUT2D eigenvalue weighted by molar-refractivity contribution is 0.0202. The summed E-state index contributed by atoms with van der Waals surface area (Å²) in [5, 5.41) is 22.3. The first kappa shape index (κ1) is 13.1. The van der Waals surface area contributed by atoms with Gasteiger partial charge in [0, 0.05) is 15.5 Å². The number of aliphatic hydroxyl groups is 2. The fourth-order valence-corrected chi connectivity index (χ4v) is 2.62. The highest BCUT2D eigenvalue weighted by Crippen LogP contribution is 2.25. The van der Waals surface area contributed by atoms with Crippen LogP contribution in [0.2, 0.25) is 0 Å². The van der Waals surface area contributed by atoms with Gasteiger partial charge in [-0.1, -0.05) is 31.9 Å². The van der Waals surface area contributed by atoms with Gasteiger partial charge in [-0.2, -0.15) is 0 Å².